The number of aromatic amines is 1. The number of hydrogen-bond acceptors (Lipinski definition) is 4. The molecule has 0 spiro atoms. The second kappa shape index (κ2) is 9.47. The van der Waals surface area contributed by atoms with E-state index < -0.39 is 0 Å². The van der Waals surface area contributed by atoms with Crippen LogP contribution >= 0.6 is 0 Å². The maximum atomic E-state index is 12.8. The van der Waals surface area contributed by atoms with E-state index in [9.17, 15) is 4.79 Å². The summed E-state index contributed by atoms with van der Waals surface area (Å²) in [4.78, 5) is 16.3. The highest BCUT2D eigenvalue weighted by molar-refractivity contribution is 5.95. The van der Waals surface area contributed by atoms with Crippen LogP contribution in [0.3, 0.4) is 0 Å². The van der Waals surface area contributed by atoms with Gasteiger partial charge in [-0.25, -0.2) is 0 Å². The Morgan fingerprint density at radius 3 is 2.31 bits per heavy atom. The van der Waals surface area contributed by atoms with Gasteiger partial charge in [0.15, 0.2) is 0 Å². The maximum Gasteiger partial charge on any atom is 0.224 e. The molecular formula is C26H26N2O4. The van der Waals surface area contributed by atoms with Crippen LogP contribution in [0.25, 0.3) is 22.2 Å². The molecule has 4 aromatic rings. The van der Waals surface area contributed by atoms with Crippen LogP contribution in [0.5, 0.6) is 17.2 Å². The zero-order chi connectivity index (χ0) is 22.5. The van der Waals surface area contributed by atoms with E-state index in [1.807, 2.05) is 42.5 Å². The van der Waals surface area contributed by atoms with Crippen LogP contribution < -0.4 is 19.5 Å². The molecule has 164 valence electrons. The molecule has 1 amide bonds. The molecule has 3 aromatic carbocycles. The highest BCUT2D eigenvalue weighted by Crippen LogP contribution is 2.33. The van der Waals surface area contributed by atoms with E-state index in [0.717, 1.165) is 33.5 Å². The largest absolute Gasteiger partial charge is 0.497 e. The predicted molar refractivity (Wildman–Crippen MR) is 127 cm³/mol. The van der Waals surface area contributed by atoms with Gasteiger partial charge in [0, 0.05) is 29.1 Å². The molecule has 2 N–H and O–H groups in total. The number of anilines is 1. The average Bonchev–Trinajstić information content (AvgIpc) is 3.21. The normalized spacial score (nSPS) is 10.7. The maximum absolute atomic E-state index is 12.8. The molecule has 0 saturated carbocycles. The standard InChI is InChI=1S/C26H26N2O4/c1-30-18-10-8-17(9-11-18)26-21(20-6-4-5-7-22(20)28-26)13-15-25(29)27-23-16-19(31-2)12-14-24(23)32-3/h4-12,14,16,28H,13,15H2,1-3H3,(H,27,29). The summed E-state index contributed by atoms with van der Waals surface area (Å²) in [6.45, 7) is 0. The number of para-hydroxylation sites is 1. The van der Waals surface area contributed by atoms with Crippen LogP contribution in [0.15, 0.2) is 66.7 Å². The molecule has 6 nitrogen and oxygen atoms in total. The van der Waals surface area contributed by atoms with Crippen molar-refractivity contribution in [3.05, 3.63) is 72.3 Å². The summed E-state index contributed by atoms with van der Waals surface area (Å²) in [6, 6.07) is 21.4. The first-order chi connectivity index (χ1) is 15.6. The van der Waals surface area contributed by atoms with E-state index in [4.69, 9.17) is 14.2 Å². The first kappa shape index (κ1) is 21.3. The molecule has 0 bridgehead atoms. The Morgan fingerprint density at radius 2 is 1.59 bits per heavy atom. The van der Waals surface area contributed by atoms with E-state index in [0.29, 0.717) is 30.0 Å². The van der Waals surface area contributed by atoms with Gasteiger partial charge in [-0.3, -0.25) is 4.79 Å². The van der Waals surface area contributed by atoms with Crippen molar-refractivity contribution in [3.8, 4) is 28.5 Å². The van der Waals surface area contributed by atoms with Crippen molar-refractivity contribution < 1.29 is 19.0 Å². The molecule has 0 aliphatic rings. The van der Waals surface area contributed by atoms with Crippen LogP contribution in [-0.4, -0.2) is 32.2 Å². The lowest BCUT2D eigenvalue weighted by Crippen LogP contribution is -2.13. The van der Waals surface area contributed by atoms with Crippen molar-refractivity contribution in [2.75, 3.05) is 26.6 Å². The highest BCUT2D eigenvalue weighted by atomic mass is 16.5. The fraction of sp³-hybridized carbons (Fsp3) is 0.192. The Labute approximate surface area is 187 Å². The van der Waals surface area contributed by atoms with E-state index >= 15 is 0 Å². The van der Waals surface area contributed by atoms with Crippen molar-refractivity contribution in [2.24, 2.45) is 0 Å². The fourth-order valence-corrected chi connectivity index (χ4v) is 3.83. The summed E-state index contributed by atoms with van der Waals surface area (Å²) >= 11 is 0. The van der Waals surface area contributed by atoms with Gasteiger partial charge in [0.2, 0.25) is 5.91 Å². The lowest BCUT2D eigenvalue weighted by atomic mass is 10.0. The molecule has 0 radical (unpaired) electrons. The Balaban J connectivity index is 1.58. The third-order valence-corrected chi connectivity index (χ3v) is 5.48. The molecule has 0 unspecified atom stereocenters. The SMILES string of the molecule is COc1ccc(-c2[nH]c3ccccc3c2CCC(=O)Nc2cc(OC)ccc2OC)cc1. The summed E-state index contributed by atoms with van der Waals surface area (Å²) in [7, 11) is 4.81. The van der Waals surface area contributed by atoms with Crippen LogP contribution in [0.1, 0.15) is 12.0 Å². The first-order valence-electron chi connectivity index (χ1n) is 10.4. The predicted octanol–water partition coefficient (Wildman–Crippen LogP) is 5.43. The van der Waals surface area contributed by atoms with Crippen LogP contribution in [0, 0.1) is 0 Å². The summed E-state index contributed by atoms with van der Waals surface area (Å²) in [5, 5.41) is 4.07. The molecule has 0 atom stereocenters. The Kier molecular flexibility index (Phi) is 6.31. The van der Waals surface area contributed by atoms with Crippen molar-refractivity contribution in [2.45, 2.75) is 12.8 Å². The van der Waals surface area contributed by atoms with E-state index in [-0.39, 0.29) is 5.91 Å². The van der Waals surface area contributed by atoms with E-state index in [1.165, 1.54) is 0 Å². The van der Waals surface area contributed by atoms with Gasteiger partial charge in [0.05, 0.1) is 27.0 Å². The molecular weight excluding hydrogens is 404 g/mol. The summed E-state index contributed by atoms with van der Waals surface area (Å²) in [5.41, 5.74) is 4.81. The van der Waals surface area contributed by atoms with Gasteiger partial charge in [-0.1, -0.05) is 18.2 Å². The number of carbonyl (C=O) groups is 1. The second-order valence-electron chi connectivity index (χ2n) is 7.37. The van der Waals surface area contributed by atoms with Crippen LogP contribution in [0.4, 0.5) is 5.69 Å². The topological polar surface area (TPSA) is 72.6 Å². The monoisotopic (exact) mass is 430 g/mol. The number of aryl methyl sites for hydroxylation is 1. The molecule has 0 saturated heterocycles. The molecule has 6 heteroatoms. The molecule has 4 rings (SSSR count). The number of ether oxygens (including phenoxy) is 3. The zero-order valence-electron chi connectivity index (χ0n) is 18.4. The summed E-state index contributed by atoms with van der Waals surface area (Å²) in [5.74, 6) is 1.95. The van der Waals surface area contributed by atoms with E-state index in [2.05, 4.69) is 16.4 Å². The lowest BCUT2D eigenvalue weighted by molar-refractivity contribution is -0.116. The number of H-pyrrole nitrogens is 1. The van der Waals surface area contributed by atoms with Crippen molar-refractivity contribution >= 4 is 22.5 Å². The Bertz CT molecular complexity index is 1230. The van der Waals surface area contributed by atoms with Gasteiger partial charge in [-0.05, 0) is 60.0 Å². The molecule has 1 aromatic heterocycles. The minimum atomic E-state index is -0.0949. The number of aromatic nitrogens is 1. The average molecular weight is 431 g/mol. The quantitative estimate of drug-likeness (QED) is 0.391. The summed E-state index contributed by atoms with van der Waals surface area (Å²) < 4.78 is 15.9. The van der Waals surface area contributed by atoms with Gasteiger partial charge >= 0.3 is 0 Å². The van der Waals surface area contributed by atoms with Gasteiger partial charge in [-0.2, -0.15) is 0 Å². The fourth-order valence-electron chi connectivity index (χ4n) is 3.83. The number of benzene rings is 3. The smallest absolute Gasteiger partial charge is 0.224 e. The number of amides is 1. The number of fused-ring (bicyclic) bond motifs is 1. The van der Waals surface area contributed by atoms with Crippen molar-refractivity contribution in [1.29, 1.82) is 0 Å². The third-order valence-electron chi connectivity index (χ3n) is 5.48. The van der Waals surface area contributed by atoms with Crippen LogP contribution in [-0.2, 0) is 11.2 Å². The molecule has 0 fully saturated rings. The first-order valence-corrected chi connectivity index (χ1v) is 10.4. The van der Waals surface area contributed by atoms with Gasteiger partial charge in [0.1, 0.15) is 17.2 Å². The number of carbonyl (C=O) groups excluding carboxylic acids is 1. The number of rotatable bonds is 8. The number of hydrogen-bond donors (Lipinski definition) is 2. The number of nitrogens with one attached hydrogen (secondary N) is 2. The minimum Gasteiger partial charge on any atom is -0.497 e. The van der Waals surface area contributed by atoms with Crippen LogP contribution in [0.2, 0.25) is 0 Å². The molecule has 0 aliphatic heterocycles. The molecule has 0 aliphatic carbocycles. The van der Waals surface area contributed by atoms with Gasteiger partial charge < -0.3 is 24.5 Å². The second-order valence-corrected chi connectivity index (χ2v) is 7.37. The Hall–Kier alpha value is -3.93. The summed E-state index contributed by atoms with van der Waals surface area (Å²) in [6.07, 6.45) is 0.912. The van der Waals surface area contributed by atoms with Gasteiger partial charge in [0.25, 0.3) is 0 Å². The van der Waals surface area contributed by atoms with Crippen molar-refractivity contribution in [3.63, 3.8) is 0 Å². The number of methoxy groups -OCH3 is 3. The Morgan fingerprint density at radius 1 is 0.875 bits per heavy atom. The molecule has 32 heavy (non-hydrogen) atoms. The zero-order valence-corrected chi connectivity index (χ0v) is 18.4. The third kappa shape index (κ3) is 4.39. The van der Waals surface area contributed by atoms with Gasteiger partial charge in [-0.15, -0.1) is 0 Å². The minimum absolute atomic E-state index is 0.0949. The lowest BCUT2D eigenvalue weighted by Gasteiger charge is -2.12. The molecule has 1 heterocycles. The van der Waals surface area contributed by atoms with Crippen molar-refractivity contribution in [1.82, 2.24) is 4.98 Å². The highest BCUT2D eigenvalue weighted by Gasteiger charge is 2.16. The van der Waals surface area contributed by atoms with E-state index in [1.54, 1.807) is 39.5 Å².